The number of rotatable bonds is 7. The fourth-order valence-electron chi connectivity index (χ4n) is 1.23. The van der Waals surface area contributed by atoms with Gasteiger partial charge in [0.25, 0.3) is 0 Å². The van der Waals surface area contributed by atoms with E-state index in [0.717, 1.165) is 24.5 Å². The third-order valence-corrected chi connectivity index (χ3v) is 2.66. The van der Waals surface area contributed by atoms with E-state index >= 15 is 0 Å². The molecule has 2 N–H and O–H groups in total. The third-order valence-electron chi connectivity index (χ3n) is 1.89. The first-order valence-corrected chi connectivity index (χ1v) is 5.57. The number of thiazole rings is 1. The van der Waals surface area contributed by atoms with Gasteiger partial charge >= 0.3 is 0 Å². The van der Waals surface area contributed by atoms with Gasteiger partial charge < -0.3 is 10.2 Å². The molecular weight excluding hydrogens is 200 g/mol. The average molecular weight is 216 g/mol. The minimum atomic E-state index is 0.150. The van der Waals surface area contributed by atoms with Gasteiger partial charge in [0.2, 0.25) is 0 Å². The van der Waals surface area contributed by atoms with E-state index in [-0.39, 0.29) is 13.2 Å². The molecule has 0 atom stereocenters. The quantitative estimate of drug-likeness (QED) is 0.689. The summed E-state index contributed by atoms with van der Waals surface area (Å²) < 4.78 is 0. The molecule has 0 unspecified atom stereocenters. The molecule has 0 aliphatic heterocycles. The van der Waals surface area contributed by atoms with Gasteiger partial charge in [0.05, 0.1) is 13.2 Å². The molecule has 0 radical (unpaired) electrons. The molecule has 0 aliphatic carbocycles. The van der Waals surface area contributed by atoms with Gasteiger partial charge in [-0.05, 0) is 6.42 Å². The predicted octanol–water partition coefficient (Wildman–Crippen LogP) is 0.320. The maximum atomic E-state index is 8.84. The average Bonchev–Trinajstić information content (AvgIpc) is 2.67. The Kier molecular flexibility index (Phi) is 5.70. The second-order valence-electron chi connectivity index (χ2n) is 3.00. The number of aliphatic hydroxyl groups excluding tert-OH is 2. The van der Waals surface area contributed by atoms with Crippen molar-refractivity contribution in [3.63, 3.8) is 0 Å². The first kappa shape index (κ1) is 11.6. The summed E-state index contributed by atoms with van der Waals surface area (Å²) in [5.41, 5.74) is 0. The summed E-state index contributed by atoms with van der Waals surface area (Å²) in [5, 5.41) is 20.5. The first-order chi connectivity index (χ1) is 6.86. The minimum absolute atomic E-state index is 0.150. The van der Waals surface area contributed by atoms with Crippen LogP contribution >= 0.6 is 11.3 Å². The van der Waals surface area contributed by atoms with Crippen LogP contribution in [0.2, 0.25) is 0 Å². The fraction of sp³-hybridized carbons (Fsp3) is 0.667. The van der Waals surface area contributed by atoms with Crippen LogP contribution in [0.25, 0.3) is 0 Å². The Morgan fingerprint density at radius 3 is 2.71 bits per heavy atom. The van der Waals surface area contributed by atoms with E-state index in [2.05, 4.69) is 9.88 Å². The Morgan fingerprint density at radius 1 is 1.29 bits per heavy atom. The summed E-state index contributed by atoms with van der Waals surface area (Å²) in [6, 6.07) is 0. The number of aliphatic hydroxyl groups is 2. The van der Waals surface area contributed by atoms with Crippen molar-refractivity contribution in [1.29, 1.82) is 0 Å². The molecule has 5 heteroatoms. The van der Waals surface area contributed by atoms with Crippen molar-refractivity contribution < 1.29 is 10.2 Å². The Bertz CT molecular complexity index is 229. The Labute approximate surface area is 87.8 Å². The highest BCUT2D eigenvalue weighted by Gasteiger charge is 2.06. The van der Waals surface area contributed by atoms with Crippen molar-refractivity contribution in [2.24, 2.45) is 0 Å². The molecule has 1 heterocycles. The monoisotopic (exact) mass is 216 g/mol. The molecule has 4 nitrogen and oxygen atoms in total. The lowest BCUT2D eigenvalue weighted by atomic mass is 10.4. The second-order valence-corrected chi connectivity index (χ2v) is 3.98. The maximum Gasteiger partial charge on any atom is 0.107 e. The van der Waals surface area contributed by atoms with Crippen molar-refractivity contribution in [3.8, 4) is 0 Å². The zero-order valence-corrected chi connectivity index (χ0v) is 8.91. The standard InChI is InChI=1S/C9H16N2O2S/c12-5-1-3-11(4-6-13)8-9-10-2-7-14-9/h2,7,12-13H,1,3-6,8H2. The van der Waals surface area contributed by atoms with Crippen LogP contribution < -0.4 is 0 Å². The molecule has 0 saturated heterocycles. The van der Waals surface area contributed by atoms with Gasteiger partial charge in [-0.15, -0.1) is 11.3 Å². The molecular formula is C9H16N2O2S. The van der Waals surface area contributed by atoms with Crippen molar-refractivity contribution in [1.82, 2.24) is 9.88 Å². The normalized spacial score (nSPS) is 11.1. The lowest BCUT2D eigenvalue weighted by molar-refractivity contribution is 0.174. The van der Waals surface area contributed by atoms with Gasteiger partial charge in [-0.2, -0.15) is 0 Å². The fourth-order valence-corrected chi connectivity index (χ4v) is 1.89. The molecule has 1 aromatic rings. The van der Waals surface area contributed by atoms with Gasteiger partial charge in [0.1, 0.15) is 5.01 Å². The van der Waals surface area contributed by atoms with Gasteiger partial charge in [-0.1, -0.05) is 0 Å². The van der Waals surface area contributed by atoms with Crippen LogP contribution in [0.4, 0.5) is 0 Å². The molecule has 0 bridgehead atoms. The first-order valence-electron chi connectivity index (χ1n) is 4.69. The van der Waals surface area contributed by atoms with Crippen molar-refractivity contribution in [3.05, 3.63) is 16.6 Å². The molecule has 14 heavy (non-hydrogen) atoms. The zero-order valence-electron chi connectivity index (χ0n) is 8.09. The lowest BCUT2D eigenvalue weighted by Crippen LogP contribution is -2.28. The summed E-state index contributed by atoms with van der Waals surface area (Å²) in [6.45, 7) is 2.55. The van der Waals surface area contributed by atoms with Crippen LogP contribution in [-0.4, -0.2) is 46.4 Å². The Balaban J connectivity index is 2.34. The third kappa shape index (κ3) is 4.15. The molecule has 0 saturated carbocycles. The molecule has 0 aromatic carbocycles. The van der Waals surface area contributed by atoms with Crippen molar-refractivity contribution >= 4 is 11.3 Å². The van der Waals surface area contributed by atoms with Gasteiger partial charge in [0, 0.05) is 31.3 Å². The predicted molar refractivity (Wildman–Crippen MR) is 56.2 cm³/mol. The van der Waals surface area contributed by atoms with E-state index < -0.39 is 0 Å². The number of hydrogen-bond donors (Lipinski definition) is 2. The summed E-state index contributed by atoms with van der Waals surface area (Å²) in [6.07, 6.45) is 2.52. The van der Waals surface area contributed by atoms with Crippen LogP contribution in [0.1, 0.15) is 11.4 Å². The Morgan fingerprint density at radius 2 is 2.14 bits per heavy atom. The highest BCUT2D eigenvalue weighted by molar-refractivity contribution is 7.09. The van der Waals surface area contributed by atoms with Gasteiger partial charge in [0.15, 0.2) is 0 Å². The van der Waals surface area contributed by atoms with E-state index in [4.69, 9.17) is 10.2 Å². The van der Waals surface area contributed by atoms with Gasteiger partial charge in [-0.25, -0.2) is 4.98 Å². The maximum absolute atomic E-state index is 8.84. The van der Waals surface area contributed by atoms with Crippen LogP contribution in [0, 0.1) is 0 Å². The van der Waals surface area contributed by atoms with E-state index in [1.54, 1.807) is 17.5 Å². The molecule has 1 aromatic heterocycles. The smallest absolute Gasteiger partial charge is 0.107 e. The molecule has 0 fully saturated rings. The zero-order chi connectivity index (χ0) is 10.2. The minimum Gasteiger partial charge on any atom is -0.396 e. The van der Waals surface area contributed by atoms with E-state index in [1.165, 1.54) is 0 Å². The second kappa shape index (κ2) is 6.89. The van der Waals surface area contributed by atoms with E-state index in [0.29, 0.717) is 6.54 Å². The summed E-state index contributed by atoms with van der Waals surface area (Å²) in [7, 11) is 0. The summed E-state index contributed by atoms with van der Waals surface area (Å²) in [4.78, 5) is 6.27. The molecule has 80 valence electrons. The molecule has 1 rings (SSSR count). The van der Waals surface area contributed by atoms with Crippen molar-refractivity contribution in [2.75, 3.05) is 26.3 Å². The number of nitrogens with zero attached hydrogens (tertiary/aromatic N) is 2. The van der Waals surface area contributed by atoms with Crippen LogP contribution in [-0.2, 0) is 6.54 Å². The summed E-state index contributed by atoms with van der Waals surface area (Å²) in [5.74, 6) is 0. The number of aromatic nitrogens is 1. The molecule has 0 spiro atoms. The van der Waals surface area contributed by atoms with Gasteiger partial charge in [-0.3, -0.25) is 4.90 Å². The van der Waals surface area contributed by atoms with Crippen LogP contribution in [0.3, 0.4) is 0 Å². The molecule has 0 amide bonds. The van der Waals surface area contributed by atoms with Crippen LogP contribution in [0.15, 0.2) is 11.6 Å². The topological polar surface area (TPSA) is 56.6 Å². The summed E-state index contributed by atoms with van der Waals surface area (Å²) >= 11 is 1.61. The highest BCUT2D eigenvalue weighted by atomic mass is 32.1. The van der Waals surface area contributed by atoms with Crippen LogP contribution in [0.5, 0.6) is 0 Å². The van der Waals surface area contributed by atoms with E-state index in [9.17, 15) is 0 Å². The molecule has 0 aliphatic rings. The van der Waals surface area contributed by atoms with Crippen molar-refractivity contribution in [2.45, 2.75) is 13.0 Å². The van der Waals surface area contributed by atoms with E-state index in [1.807, 2.05) is 5.38 Å². The highest BCUT2D eigenvalue weighted by Crippen LogP contribution is 2.07. The number of hydrogen-bond acceptors (Lipinski definition) is 5. The Hall–Kier alpha value is -0.490. The lowest BCUT2D eigenvalue weighted by Gasteiger charge is -2.19. The largest absolute Gasteiger partial charge is 0.396 e. The SMILES string of the molecule is OCCCN(CCO)Cc1nccs1.